The van der Waals surface area contributed by atoms with Crippen LogP contribution in [-0.2, 0) is 11.3 Å². The van der Waals surface area contributed by atoms with Crippen LogP contribution in [0.4, 0.5) is 8.78 Å². The summed E-state index contributed by atoms with van der Waals surface area (Å²) in [5.41, 5.74) is -0.725. The minimum Gasteiger partial charge on any atom is -0.298 e. The van der Waals surface area contributed by atoms with Crippen molar-refractivity contribution in [2.75, 3.05) is 0 Å². The Labute approximate surface area is 121 Å². The van der Waals surface area contributed by atoms with Gasteiger partial charge in [-0.05, 0) is 19.1 Å². The van der Waals surface area contributed by atoms with Gasteiger partial charge in [-0.15, -0.1) is 5.10 Å². The highest BCUT2D eigenvalue weighted by molar-refractivity contribution is 5.76. The predicted molar refractivity (Wildman–Crippen MR) is 71.5 cm³/mol. The zero-order valence-corrected chi connectivity index (χ0v) is 11.3. The van der Waals surface area contributed by atoms with E-state index in [1.54, 1.807) is 0 Å². The molecule has 0 spiro atoms. The molecule has 0 atom stereocenters. The molecule has 0 radical (unpaired) electrons. The topological polar surface area (TPSA) is 82.7 Å². The van der Waals surface area contributed by atoms with E-state index in [9.17, 15) is 18.4 Å². The van der Waals surface area contributed by atoms with Crippen molar-refractivity contribution in [1.29, 1.82) is 0 Å². The van der Waals surface area contributed by atoms with Gasteiger partial charge < -0.3 is 0 Å². The third-order valence-electron chi connectivity index (χ3n) is 2.96. The molecule has 112 valence electrons. The molecule has 0 saturated carbocycles. The van der Waals surface area contributed by atoms with Gasteiger partial charge in [0.1, 0.15) is 23.6 Å². The molecule has 7 nitrogen and oxygen atoms in total. The molecule has 0 N–H and O–H groups in total. The number of hydrogen-bond acceptors (Lipinski definition) is 5. The van der Waals surface area contributed by atoms with Crippen LogP contribution in [0.25, 0.3) is 16.9 Å². The summed E-state index contributed by atoms with van der Waals surface area (Å²) in [6.07, 6.45) is 1.16. The second-order valence-electron chi connectivity index (χ2n) is 4.65. The van der Waals surface area contributed by atoms with Gasteiger partial charge in [-0.25, -0.2) is 13.8 Å². The van der Waals surface area contributed by atoms with Crippen molar-refractivity contribution in [3.8, 4) is 5.69 Å². The Bertz CT molecular complexity index is 947. The van der Waals surface area contributed by atoms with E-state index < -0.39 is 17.2 Å². The van der Waals surface area contributed by atoms with E-state index in [-0.39, 0.29) is 29.2 Å². The molecular formula is C13H9F2N5O2. The number of ketones is 1. The molecule has 9 heteroatoms. The lowest BCUT2D eigenvalue weighted by Crippen LogP contribution is -2.23. The van der Waals surface area contributed by atoms with E-state index in [2.05, 4.69) is 15.3 Å². The highest BCUT2D eigenvalue weighted by Crippen LogP contribution is 2.16. The number of aromatic nitrogens is 5. The first kappa shape index (κ1) is 14.0. The molecular weight excluding hydrogens is 296 g/mol. The summed E-state index contributed by atoms with van der Waals surface area (Å²) in [7, 11) is 0. The summed E-state index contributed by atoms with van der Waals surface area (Å²) in [5, 5.41) is 7.35. The summed E-state index contributed by atoms with van der Waals surface area (Å²) in [6.45, 7) is 1.20. The quantitative estimate of drug-likeness (QED) is 0.716. The van der Waals surface area contributed by atoms with Crippen LogP contribution in [0.1, 0.15) is 6.92 Å². The molecule has 2 aromatic heterocycles. The monoisotopic (exact) mass is 305 g/mol. The number of Topliss-reactive ketones (excluding diaryl/α,β-unsaturated/α-hetero) is 1. The summed E-state index contributed by atoms with van der Waals surface area (Å²) in [6, 6.07) is 2.92. The number of halogens is 2. The van der Waals surface area contributed by atoms with Crippen LogP contribution in [0.15, 0.2) is 29.3 Å². The van der Waals surface area contributed by atoms with Gasteiger partial charge in [0, 0.05) is 6.07 Å². The molecule has 22 heavy (non-hydrogen) atoms. The normalized spacial score (nSPS) is 11.0. The van der Waals surface area contributed by atoms with E-state index >= 15 is 0 Å². The Morgan fingerprint density at radius 2 is 2.09 bits per heavy atom. The van der Waals surface area contributed by atoms with Gasteiger partial charge in [0.25, 0.3) is 5.56 Å². The molecule has 2 heterocycles. The summed E-state index contributed by atoms with van der Waals surface area (Å²) >= 11 is 0. The van der Waals surface area contributed by atoms with E-state index in [1.807, 2.05) is 0 Å². The van der Waals surface area contributed by atoms with Crippen LogP contribution in [0.3, 0.4) is 0 Å². The van der Waals surface area contributed by atoms with Crippen LogP contribution in [0.2, 0.25) is 0 Å². The largest absolute Gasteiger partial charge is 0.298 e. The van der Waals surface area contributed by atoms with Gasteiger partial charge in [0.15, 0.2) is 17.0 Å². The second kappa shape index (κ2) is 5.10. The van der Waals surface area contributed by atoms with Crippen molar-refractivity contribution in [3.63, 3.8) is 0 Å². The minimum atomic E-state index is -0.860. The zero-order chi connectivity index (χ0) is 15.9. The van der Waals surface area contributed by atoms with Crippen LogP contribution >= 0.6 is 0 Å². The van der Waals surface area contributed by atoms with Crippen LogP contribution in [0, 0.1) is 11.6 Å². The van der Waals surface area contributed by atoms with Crippen molar-refractivity contribution < 1.29 is 13.6 Å². The molecule has 0 aliphatic carbocycles. The fourth-order valence-electron chi connectivity index (χ4n) is 2.01. The number of carbonyl (C=O) groups is 1. The number of nitrogens with zero attached hydrogens (tertiary/aromatic N) is 5. The second-order valence-corrected chi connectivity index (χ2v) is 4.65. The standard InChI is InChI=1S/C13H9F2N5O2/c1-7(21)5-19-6-16-12-11(13(19)22)17-18-20(12)10-3-2-8(14)4-9(10)15/h2-4,6H,5H2,1H3. The van der Waals surface area contributed by atoms with Crippen molar-refractivity contribution in [2.45, 2.75) is 13.5 Å². The predicted octanol–water partition coefficient (Wildman–Crippen LogP) is 0.844. The van der Waals surface area contributed by atoms with Gasteiger partial charge in [-0.3, -0.25) is 14.2 Å². The first-order valence-electron chi connectivity index (χ1n) is 6.23. The lowest BCUT2D eigenvalue weighted by molar-refractivity contribution is -0.117. The molecule has 1 aromatic carbocycles. The van der Waals surface area contributed by atoms with E-state index in [1.165, 1.54) is 13.0 Å². The van der Waals surface area contributed by atoms with Crippen molar-refractivity contribution in [2.24, 2.45) is 0 Å². The van der Waals surface area contributed by atoms with Crippen molar-refractivity contribution in [1.82, 2.24) is 24.5 Å². The maximum atomic E-state index is 13.8. The Morgan fingerprint density at radius 3 is 2.77 bits per heavy atom. The average molecular weight is 305 g/mol. The maximum absolute atomic E-state index is 13.8. The Hall–Kier alpha value is -2.97. The number of fused-ring (bicyclic) bond motifs is 1. The molecule has 0 unspecified atom stereocenters. The maximum Gasteiger partial charge on any atom is 0.283 e. The van der Waals surface area contributed by atoms with Crippen molar-refractivity contribution >= 4 is 16.9 Å². The lowest BCUT2D eigenvalue weighted by atomic mass is 10.3. The smallest absolute Gasteiger partial charge is 0.283 e. The number of hydrogen-bond donors (Lipinski definition) is 0. The summed E-state index contributed by atoms with van der Waals surface area (Å²) < 4.78 is 28.9. The molecule has 0 bridgehead atoms. The molecule has 0 fully saturated rings. The van der Waals surface area contributed by atoms with Gasteiger partial charge in [0.2, 0.25) is 0 Å². The van der Waals surface area contributed by atoms with Crippen LogP contribution in [0.5, 0.6) is 0 Å². The van der Waals surface area contributed by atoms with Gasteiger partial charge >= 0.3 is 0 Å². The Kier molecular flexibility index (Phi) is 3.24. The first-order chi connectivity index (χ1) is 10.5. The molecule has 3 aromatic rings. The SMILES string of the molecule is CC(=O)Cn1cnc2c(nnn2-c2ccc(F)cc2F)c1=O. The summed E-state index contributed by atoms with van der Waals surface area (Å²) in [4.78, 5) is 27.2. The van der Waals surface area contributed by atoms with Crippen molar-refractivity contribution in [3.05, 3.63) is 46.5 Å². The van der Waals surface area contributed by atoms with E-state index in [4.69, 9.17) is 0 Å². The van der Waals surface area contributed by atoms with Gasteiger partial charge in [0.05, 0.1) is 6.54 Å². The zero-order valence-electron chi connectivity index (χ0n) is 11.3. The summed E-state index contributed by atoms with van der Waals surface area (Å²) in [5.74, 6) is -1.82. The fraction of sp³-hybridized carbons (Fsp3) is 0.154. The van der Waals surface area contributed by atoms with Gasteiger partial charge in [-0.2, -0.15) is 4.68 Å². The number of carbonyl (C=O) groups excluding carboxylic acids is 1. The fourth-order valence-corrected chi connectivity index (χ4v) is 2.01. The Morgan fingerprint density at radius 1 is 1.32 bits per heavy atom. The average Bonchev–Trinajstić information content (AvgIpc) is 2.86. The highest BCUT2D eigenvalue weighted by atomic mass is 19.1. The molecule has 0 aliphatic heterocycles. The molecule has 3 rings (SSSR count). The van der Waals surface area contributed by atoms with E-state index in [0.717, 1.165) is 21.6 Å². The number of rotatable bonds is 3. The minimum absolute atomic E-state index is 0.0234. The highest BCUT2D eigenvalue weighted by Gasteiger charge is 2.16. The third-order valence-corrected chi connectivity index (χ3v) is 2.96. The molecule has 0 amide bonds. The van der Waals surface area contributed by atoms with Crippen LogP contribution < -0.4 is 5.56 Å². The molecule has 0 saturated heterocycles. The Balaban J connectivity index is 2.19. The van der Waals surface area contributed by atoms with Gasteiger partial charge in [-0.1, -0.05) is 5.21 Å². The number of benzene rings is 1. The lowest BCUT2D eigenvalue weighted by Gasteiger charge is -2.04. The van der Waals surface area contributed by atoms with Crippen LogP contribution in [-0.4, -0.2) is 30.3 Å². The van der Waals surface area contributed by atoms with E-state index in [0.29, 0.717) is 6.07 Å². The first-order valence-corrected chi connectivity index (χ1v) is 6.23. The third kappa shape index (κ3) is 2.26. The molecule has 0 aliphatic rings.